The summed E-state index contributed by atoms with van der Waals surface area (Å²) in [4.78, 5) is 1.99. The Morgan fingerprint density at radius 2 is 2.27 bits per heavy atom. The molecule has 2 atom stereocenters. The monoisotopic (exact) mass is 216 g/mol. The molecule has 2 unspecified atom stereocenters. The number of hydrogen-bond donors (Lipinski definition) is 2. The predicted molar refractivity (Wildman–Crippen MR) is 61.0 cm³/mol. The minimum absolute atomic E-state index is 0.347. The summed E-state index contributed by atoms with van der Waals surface area (Å²) in [5.74, 6) is 0. The third-order valence-electron chi connectivity index (χ3n) is 2.56. The molecule has 2 N–H and O–H groups in total. The average Bonchev–Trinajstić information content (AvgIpc) is 2.53. The molecule has 15 heavy (non-hydrogen) atoms. The second-order valence-electron chi connectivity index (χ2n) is 5.00. The van der Waals surface area contributed by atoms with Crippen molar-refractivity contribution in [3.05, 3.63) is 0 Å². The molecule has 0 saturated carbocycles. The van der Waals surface area contributed by atoms with Crippen LogP contribution >= 0.6 is 0 Å². The second-order valence-corrected chi connectivity index (χ2v) is 5.00. The molecule has 0 radical (unpaired) electrons. The van der Waals surface area contributed by atoms with Gasteiger partial charge < -0.3 is 20.1 Å². The van der Waals surface area contributed by atoms with Crippen molar-refractivity contribution in [3.8, 4) is 0 Å². The molecule has 90 valence electrons. The molecule has 1 heterocycles. The van der Waals surface area contributed by atoms with Crippen LogP contribution in [0.25, 0.3) is 0 Å². The highest BCUT2D eigenvalue weighted by Gasteiger charge is 2.22. The van der Waals surface area contributed by atoms with Crippen LogP contribution in [0.3, 0.4) is 0 Å². The second kappa shape index (κ2) is 5.80. The fourth-order valence-corrected chi connectivity index (χ4v) is 2.04. The van der Waals surface area contributed by atoms with Crippen molar-refractivity contribution in [2.45, 2.75) is 31.5 Å². The smallest absolute Gasteiger partial charge is 0.0869 e. The lowest BCUT2D eigenvalue weighted by molar-refractivity contribution is 0.0292. The normalized spacial score (nSPS) is 25.8. The van der Waals surface area contributed by atoms with Crippen LogP contribution in [0.5, 0.6) is 0 Å². The van der Waals surface area contributed by atoms with Crippen molar-refractivity contribution in [2.75, 3.05) is 40.3 Å². The van der Waals surface area contributed by atoms with Crippen LogP contribution in [0.15, 0.2) is 0 Å². The van der Waals surface area contributed by atoms with Crippen LogP contribution in [0.4, 0.5) is 0 Å². The summed E-state index contributed by atoms with van der Waals surface area (Å²) < 4.78 is 5.49. The molecule has 0 bridgehead atoms. The molecule has 1 aliphatic rings. The highest BCUT2D eigenvalue weighted by Crippen LogP contribution is 2.11. The van der Waals surface area contributed by atoms with Crippen molar-refractivity contribution >= 4 is 0 Å². The van der Waals surface area contributed by atoms with Crippen LogP contribution in [0.2, 0.25) is 0 Å². The summed E-state index contributed by atoms with van der Waals surface area (Å²) >= 11 is 0. The fraction of sp³-hybridized carbons (Fsp3) is 1.00. The van der Waals surface area contributed by atoms with Crippen molar-refractivity contribution in [2.24, 2.45) is 0 Å². The Hall–Kier alpha value is -0.160. The zero-order valence-electron chi connectivity index (χ0n) is 10.1. The molecule has 0 aromatic rings. The maximum atomic E-state index is 10.0. The molecule has 0 aliphatic carbocycles. The maximum Gasteiger partial charge on any atom is 0.0869 e. The van der Waals surface area contributed by atoms with Gasteiger partial charge in [0.2, 0.25) is 0 Å². The zero-order valence-corrected chi connectivity index (χ0v) is 10.1. The Labute approximate surface area is 92.6 Å². The molecule has 0 spiro atoms. The Balaban J connectivity index is 2.11. The van der Waals surface area contributed by atoms with Crippen LogP contribution in [-0.4, -0.2) is 62.0 Å². The van der Waals surface area contributed by atoms with Crippen molar-refractivity contribution in [1.29, 1.82) is 0 Å². The number of hydrogen-bond acceptors (Lipinski definition) is 4. The van der Waals surface area contributed by atoms with Gasteiger partial charge in [-0.3, -0.25) is 0 Å². The SMILES string of the molecule is CN(C)CC(C)(O)CNCC1CCCO1. The first-order chi connectivity index (χ1) is 6.99. The standard InChI is InChI=1S/C11H24N2O2/c1-11(14,9-13(2)3)8-12-7-10-5-4-6-15-10/h10,12,14H,4-9H2,1-3H3. The van der Waals surface area contributed by atoms with E-state index >= 15 is 0 Å². The quantitative estimate of drug-likeness (QED) is 0.659. The maximum absolute atomic E-state index is 10.0. The Kier molecular flexibility index (Phi) is 4.99. The van der Waals surface area contributed by atoms with Gasteiger partial charge in [-0.2, -0.15) is 0 Å². The summed E-state index contributed by atoms with van der Waals surface area (Å²) in [6, 6.07) is 0. The number of nitrogens with zero attached hydrogens (tertiary/aromatic N) is 1. The van der Waals surface area contributed by atoms with E-state index in [-0.39, 0.29) is 0 Å². The van der Waals surface area contributed by atoms with Gasteiger partial charge in [0.1, 0.15) is 0 Å². The van der Waals surface area contributed by atoms with E-state index in [9.17, 15) is 5.11 Å². The lowest BCUT2D eigenvalue weighted by atomic mass is 10.1. The topological polar surface area (TPSA) is 44.7 Å². The molecule has 1 rings (SSSR count). The Morgan fingerprint density at radius 3 is 2.80 bits per heavy atom. The van der Waals surface area contributed by atoms with Gasteiger partial charge in [-0.1, -0.05) is 0 Å². The van der Waals surface area contributed by atoms with Crippen molar-refractivity contribution in [1.82, 2.24) is 10.2 Å². The molecule has 0 amide bonds. The highest BCUT2D eigenvalue weighted by molar-refractivity contribution is 4.79. The summed E-state index contributed by atoms with van der Waals surface area (Å²) in [6.45, 7) is 4.89. The first kappa shape index (κ1) is 12.9. The minimum Gasteiger partial charge on any atom is -0.388 e. The third kappa shape index (κ3) is 5.47. The summed E-state index contributed by atoms with van der Waals surface area (Å²) in [5, 5.41) is 13.3. The summed E-state index contributed by atoms with van der Waals surface area (Å²) in [5.41, 5.74) is -0.665. The third-order valence-corrected chi connectivity index (χ3v) is 2.56. The number of ether oxygens (including phenoxy) is 1. The lowest BCUT2D eigenvalue weighted by Crippen LogP contribution is -2.46. The summed E-state index contributed by atoms with van der Waals surface area (Å²) in [7, 11) is 3.93. The fourth-order valence-electron chi connectivity index (χ4n) is 2.04. The number of likely N-dealkylation sites (N-methyl/N-ethyl adjacent to an activating group) is 1. The van der Waals surface area contributed by atoms with Gasteiger partial charge in [0.15, 0.2) is 0 Å². The van der Waals surface area contributed by atoms with Gasteiger partial charge in [0.05, 0.1) is 11.7 Å². The van der Waals surface area contributed by atoms with E-state index in [0.717, 1.165) is 19.6 Å². The van der Waals surface area contributed by atoms with Crippen LogP contribution in [-0.2, 0) is 4.74 Å². The highest BCUT2D eigenvalue weighted by atomic mass is 16.5. The van der Waals surface area contributed by atoms with E-state index in [4.69, 9.17) is 4.74 Å². The molecule has 1 aliphatic heterocycles. The zero-order chi connectivity index (χ0) is 11.3. The van der Waals surface area contributed by atoms with E-state index in [1.54, 1.807) is 0 Å². The molecular formula is C11H24N2O2. The molecule has 1 saturated heterocycles. The van der Waals surface area contributed by atoms with Gasteiger partial charge in [-0.15, -0.1) is 0 Å². The molecular weight excluding hydrogens is 192 g/mol. The van der Waals surface area contributed by atoms with Crippen LogP contribution < -0.4 is 5.32 Å². The average molecular weight is 216 g/mol. The lowest BCUT2D eigenvalue weighted by Gasteiger charge is -2.27. The molecule has 4 heteroatoms. The Bertz CT molecular complexity index is 177. The first-order valence-electron chi connectivity index (χ1n) is 5.69. The predicted octanol–water partition coefficient (Wildman–Crippen LogP) is 0.0676. The first-order valence-corrected chi connectivity index (χ1v) is 5.69. The van der Waals surface area contributed by atoms with Gasteiger partial charge in [-0.05, 0) is 33.9 Å². The van der Waals surface area contributed by atoms with Crippen molar-refractivity contribution in [3.63, 3.8) is 0 Å². The van der Waals surface area contributed by atoms with Gasteiger partial charge in [0, 0.05) is 26.2 Å². The van der Waals surface area contributed by atoms with Crippen LogP contribution in [0.1, 0.15) is 19.8 Å². The Morgan fingerprint density at radius 1 is 1.53 bits per heavy atom. The van der Waals surface area contributed by atoms with E-state index in [0.29, 0.717) is 19.2 Å². The molecule has 0 aromatic heterocycles. The van der Waals surface area contributed by atoms with Gasteiger partial charge in [-0.25, -0.2) is 0 Å². The van der Waals surface area contributed by atoms with E-state index in [1.165, 1.54) is 6.42 Å². The van der Waals surface area contributed by atoms with E-state index in [2.05, 4.69) is 5.32 Å². The minimum atomic E-state index is -0.665. The van der Waals surface area contributed by atoms with Gasteiger partial charge in [0.25, 0.3) is 0 Å². The van der Waals surface area contributed by atoms with Crippen LogP contribution in [0, 0.1) is 0 Å². The largest absolute Gasteiger partial charge is 0.388 e. The number of rotatable bonds is 6. The van der Waals surface area contributed by atoms with E-state index in [1.807, 2.05) is 25.9 Å². The molecule has 1 fully saturated rings. The van der Waals surface area contributed by atoms with E-state index < -0.39 is 5.60 Å². The van der Waals surface area contributed by atoms with Crippen molar-refractivity contribution < 1.29 is 9.84 Å². The molecule has 4 nitrogen and oxygen atoms in total. The molecule has 0 aromatic carbocycles. The summed E-state index contributed by atoms with van der Waals surface area (Å²) in [6.07, 6.45) is 2.66. The number of aliphatic hydroxyl groups is 1. The number of nitrogens with one attached hydrogen (secondary N) is 1. The van der Waals surface area contributed by atoms with Gasteiger partial charge >= 0.3 is 0 Å².